The molecule has 3 N–H and O–H groups in total. The van der Waals surface area contributed by atoms with E-state index in [4.69, 9.17) is 5.73 Å². The van der Waals surface area contributed by atoms with Gasteiger partial charge in [0.15, 0.2) is 0 Å². The van der Waals surface area contributed by atoms with E-state index in [1.54, 1.807) is 6.92 Å². The minimum absolute atomic E-state index is 0.295. The quantitative estimate of drug-likeness (QED) is 0.815. The number of rotatable bonds is 5. The van der Waals surface area contributed by atoms with E-state index in [0.29, 0.717) is 5.92 Å². The Labute approximate surface area is 103 Å². The second kappa shape index (κ2) is 5.40. The highest BCUT2D eigenvalue weighted by atomic mass is 16.3. The van der Waals surface area contributed by atoms with Crippen molar-refractivity contribution >= 4 is 11.5 Å². The van der Waals surface area contributed by atoms with E-state index < -0.39 is 0 Å². The number of hydrogen-bond donors (Lipinski definition) is 2. The molecule has 0 aliphatic heterocycles. The predicted octanol–water partition coefficient (Wildman–Crippen LogP) is 1.33. The van der Waals surface area contributed by atoms with Gasteiger partial charge < -0.3 is 15.7 Å². The van der Waals surface area contributed by atoms with E-state index in [-0.39, 0.29) is 6.10 Å². The van der Waals surface area contributed by atoms with Gasteiger partial charge in [0.05, 0.1) is 17.5 Å². The van der Waals surface area contributed by atoms with Gasteiger partial charge in [-0.1, -0.05) is 13.8 Å². The SMILES string of the molecule is CC(O)CCN(C)c1c(N)c(C(C)C)nn1C. The Kier molecular flexibility index (Phi) is 4.40. The second-order valence-corrected chi connectivity index (χ2v) is 4.96. The molecular formula is C12H24N4O. The Morgan fingerprint density at radius 1 is 1.41 bits per heavy atom. The molecule has 1 unspecified atom stereocenters. The van der Waals surface area contributed by atoms with Gasteiger partial charge in [0.1, 0.15) is 5.82 Å². The summed E-state index contributed by atoms with van der Waals surface area (Å²) in [4.78, 5) is 2.04. The average molecular weight is 240 g/mol. The minimum atomic E-state index is -0.295. The zero-order valence-electron chi connectivity index (χ0n) is 11.4. The molecule has 1 atom stereocenters. The van der Waals surface area contributed by atoms with Gasteiger partial charge >= 0.3 is 0 Å². The van der Waals surface area contributed by atoms with Crippen LogP contribution in [0.1, 0.15) is 38.8 Å². The van der Waals surface area contributed by atoms with Gasteiger partial charge in [-0.05, 0) is 19.3 Å². The smallest absolute Gasteiger partial charge is 0.150 e. The number of nitrogen functional groups attached to an aromatic ring is 1. The maximum Gasteiger partial charge on any atom is 0.150 e. The van der Waals surface area contributed by atoms with Crippen LogP contribution in [0, 0.1) is 0 Å². The van der Waals surface area contributed by atoms with Gasteiger partial charge in [-0.2, -0.15) is 5.10 Å². The lowest BCUT2D eigenvalue weighted by Gasteiger charge is -2.20. The van der Waals surface area contributed by atoms with Crippen molar-refractivity contribution in [3.8, 4) is 0 Å². The van der Waals surface area contributed by atoms with E-state index in [1.165, 1.54) is 0 Å². The van der Waals surface area contributed by atoms with Gasteiger partial charge in [-0.25, -0.2) is 0 Å². The number of nitrogens with two attached hydrogens (primary N) is 1. The molecule has 0 aliphatic carbocycles. The van der Waals surface area contributed by atoms with Gasteiger partial charge in [-0.15, -0.1) is 0 Å². The van der Waals surface area contributed by atoms with Crippen molar-refractivity contribution in [2.24, 2.45) is 7.05 Å². The highest BCUT2D eigenvalue weighted by Crippen LogP contribution is 2.29. The molecule has 0 saturated heterocycles. The van der Waals surface area contributed by atoms with Crippen LogP contribution in [-0.4, -0.2) is 34.6 Å². The summed E-state index contributed by atoms with van der Waals surface area (Å²) >= 11 is 0. The summed E-state index contributed by atoms with van der Waals surface area (Å²) in [6.45, 7) is 6.72. The first-order valence-corrected chi connectivity index (χ1v) is 6.06. The number of aliphatic hydroxyl groups excluding tert-OH is 1. The van der Waals surface area contributed by atoms with Crippen molar-refractivity contribution in [2.45, 2.75) is 39.2 Å². The van der Waals surface area contributed by atoms with Crippen LogP contribution in [-0.2, 0) is 7.05 Å². The molecule has 0 spiro atoms. The minimum Gasteiger partial charge on any atom is -0.394 e. The lowest BCUT2D eigenvalue weighted by molar-refractivity contribution is 0.186. The van der Waals surface area contributed by atoms with Crippen LogP contribution in [0.15, 0.2) is 0 Å². The van der Waals surface area contributed by atoms with E-state index in [0.717, 1.165) is 30.2 Å². The summed E-state index contributed by atoms with van der Waals surface area (Å²) in [5.41, 5.74) is 7.81. The zero-order valence-corrected chi connectivity index (χ0v) is 11.4. The van der Waals surface area contributed by atoms with Crippen LogP contribution in [0.2, 0.25) is 0 Å². The molecule has 5 heteroatoms. The number of hydrogen-bond acceptors (Lipinski definition) is 4. The molecule has 98 valence electrons. The summed E-state index contributed by atoms with van der Waals surface area (Å²) in [5, 5.41) is 13.7. The first kappa shape index (κ1) is 13.8. The van der Waals surface area contributed by atoms with Gasteiger partial charge in [-0.3, -0.25) is 4.68 Å². The topological polar surface area (TPSA) is 67.3 Å². The molecule has 0 aliphatic rings. The number of aromatic nitrogens is 2. The summed E-state index contributed by atoms with van der Waals surface area (Å²) in [6, 6.07) is 0. The molecule has 0 aromatic carbocycles. The summed E-state index contributed by atoms with van der Waals surface area (Å²) in [5.74, 6) is 1.24. The predicted molar refractivity (Wildman–Crippen MR) is 71.3 cm³/mol. The van der Waals surface area contributed by atoms with E-state index in [2.05, 4.69) is 18.9 Å². The van der Waals surface area contributed by atoms with Gasteiger partial charge in [0.25, 0.3) is 0 Å². The van der Waals surface area contributed by atoms with Crippen LogP contribution in [0.3, 0.4) is 0 Å². The lowest BCUT2D eigenvalue weighted by Crippen LogP contribution is -2.24. The Morgan fingerprint density at radius 3 is 2.41 bits per heavy atom. The van der Waals surface area contributed by atoms with Crippen LogP contribution in [0.4, 0.5) is 11.5 Å². The average Bonchev–Trinajstić information content (AvgIpc) is 2.51. The number of aliphatic hydroxyl groups is 1. The maximum absolute atomic E-state index is 9.30. The van der Waals surface area contributed by atoms with E-state index in [1.807, 2.05) is 23.7 Å². The molecule has 17 heavy (non-hydrogen) atoms. The van der Waals surface area contributed by atoms with E-state index in [9.17, 15) is 5.11 Å². The Hall–Kier alpha value is -1.23. The van der Waals surface area contributed by atoms with Crippen molar-refractivity contribution in [3.05, 3.63) is 5.69 Å². The summed E-state index contributed by atoms with van der Waals surface area (Å²) < 4.78 is 1.81. The molecule has 1 aromatic heterocycles. The summed E-state index contributed by atoms with van der Waals surface area (Å²) in [7, 11) is 3.87. The fourth-order valence-corrected chi connectivity index (χ4v) is 1.92. The third kappa shape index (κ3) is 3.12. The van der Waals surface area contributed by atoms with Crippen molar-refractivity contribution in [2.75, 3.05) is 24.2 Å². The molecule has 1 rings (SSSR count). The monoisotopic (exact) mass is 240 g/mol. The summed E-state index contributed by atoms with van der Waals surface area (Å²) in [6.07, 6.45) is 0.425. The fraction of sp³-hybridized carbons (Fsp3) is 0.750. The standard InChI is InChI=1S/C12H24N4O/c1-8(2)11-10(13)12(16(5)14-11)15(4)7-6-9(3)17/h8-9,17H,6-7,13H2,1-5H3. The molecule has 0 fully saturated rings. The number of nitrogens with zero attached hydrogens (tertiary/aromatic N) is 3. The molecule has 0 amide bonds. The van der Waals surface area contributed by atoms with Crippen molar-refractivity contribution in [3.63, 3.8) is 0 Å². The van der Waals surface area contributed by atoms with Gasteiger partial charge in [0.2, 0.25) is 0 Å². The van der Waals surface area contributed by atoms with Crippen LogP contribution in [0.5, 0.6) is 0 Å². The second-order valence-electron chi connectivity index (χ2n) is 4.96. The number of anilines is 2. The normalized spacial score (nSPS) is 13.1. The molecule has 0 radical (unpaired) electrons. The third-order valence-electron chi connectivity index (χ3n) is 2.87. The number of aryl methyl sites for hydroxylation is 1. The molecule has 1 heterocycles. The Morgan fingerprint density at radius 2 is 2.00 bits per heavy atom. The fourth-order valence-electron chi connectivity index (χ4n) is 1.92. The Balaban J connectivity index is 2.90. The van der Waals surface area contributed by atoms with Crippen molar-refractivity contribution < 1.29 is 5.11 Å². The van der Waals surface area contributed by atoms with Crippen LogP contribution in [0.25, 0.3) is 0 Å². The zero-order chi connectivity index (χ0) is 13.2. The van der Waals surface area contributed by atoms with Gasteiger partial charge in [0, 0.05) is 20.6 Å². The van der Waals surface area contributed by atoms with E-state index >= 15 is 0 Å². The first-order chi connectivity index (χ1) is 7.84. The maximum atomic E-state index is 9.30. The first-order valence-electron chi connectivity index (χ1n) is 6.06. The highest BCUT2D eigenvalue weighted by molar-refractivity contribution is 5.66. The van der Waals surface area contributed by atoms with Crippen LogP contribution >= 0.6 is 0 Å². The van der Waals surface area contributed by atoms with Crippen molar-refractivity contribution in [1.29, 1.82) is 0 Å². The highest BCUT2D eigenvalue weighted by Gasteiger charge is 2.18. The Bertz CT molecular complexity index is 371. The third-order valence-corrected chi connectivity index (χ3v) is 2.87. The molecule has 0 saturated carbocycles. The largest absolute Gasteiger partial charge is 0.394 e. The molecule has 5 nitrogen and oxygen atoms in total. The van der Waals surface area contributed by atoms with Crippen LogP contribution < -0.4 is 10.6 Å². The van der Waals surface area contributed by atoms with Crippen molar-refractivity contribution in [1.82, 2.24) is 9.78 Å². The molecule has 1 aromatic rings. The molecular weight excluding hydrogens is 216 g/mol. The lowest BCUT2D eigenvalue weighted by atomic mass is 10.1. The molecule has 0 bridgehead atoms.